The molecule has 118 valence electrons. The molecular weight excluding hydrogens is 278 g/mol. The van der Waals surface area contributed by atoms with Crippen LogP contribution in [0.5, 0.6) is 0 Å². The van der Waals surface area contributed by atoms with Crippen molar-refractivity contribution in [3.63, 3.8) is 0 Å². The third kappa shape index (κ3) is 3.28. The maximum atomic E-state index is 5.86. The minimum absolute atomic E-state index is 0.0280. The Kier molecular flexibility index (Phi) is 4.40. The number of ether oxygens (including phenoxy) is 1. The van der Waals surface area contributed by atoms with Crippen LogP contribution >= 0.6 is 0 Å². The van der Waals surface area contributed by atoms with Gasteiger partial charge >= 0.3 is 0 Å². The standard InChI is InChI=1S/C16H23N5O/c1-12(2)21-7-6-18-16(21)11-20-8-9-22-14(10-20)13-4-3-5-15(17)19-13/h3-7,12,14H,8-11H2,1-2H3,(H2,17,19)/t14-/m0/s1. The summed E-state index contributed by atoms with van der Waals surface area (Å²) in [6.45, 7) is 7.58. The van der Waals surface area contributed by atoms with Gasteiger partial charge in [0.15, 0.2) is 0 Å². The molecule has 6 heteroatoms. The van der Waals surface area contributed by atoms with Gasteiger partial charge in [0.25, 0.3) is 0 Å². The van der Waals surface area contributed by atoms with Gasteiger partial charge in [-0.2, -0.15) is 0 Å². The zero-order valence-electron chi connectivity index (χ0n) is 13.1. The third-order valence-corrected chi connectivity index (χ3v) is 3.94. The highest BCUT2D eigenvalue weighted by Gasteiger charge is 2.24. The van der Waals surface area contributed by atoms with Crippen LogP contribution in [0.2, 0.25) is 0 Å². The van der Waals surface area contributed by atoms with E-state index in [0.29, 0.717) is 18.5 Å². The number of hydrogen-bond acceptors (Lipinski definition) is 5. The van der Waals surface area contributed by atoms with Gasteiger partial charge in [-0.25, -0.2) is 9.97 Å². The van der Waals surface area contributed by atoms with Gasteiger partial charge in [-0.05, 0) is 26.0 Å². The maximum Gasteiger partial charge on any atom is 0.123 e. The van der Waals surface area contributed by atoms with Crippen molar-refractivity contribution in [2.75, 3.05) is 25.4 Å². The van der Waals surface area contributed by atoms with Gasteiger partial charge in [-0.3, -0.25) is 4.90 Å². The normalized spacial score (nSPS) is 19.7. The minimum Gasteiger partial charge on any atom is -0.384 e. The van der Waals surface area contributed by atoms with Crippen LogP contribution in [0, 0.1) is 0 Å². The average molecular weight is 301 g/mol. The molecule has 1 fully saturated rings. The highest BCUT2D eigenvalue weighted by atomic mass is 16.5. The van der Waals surface area contributed by atoms with Crippen LogP contribution in [-0.4, -0.2) is 39.1 Å². The Bertz CT molecular complexity index is 625. The zero-order chi connectivity index (χ0) is 15.5. The first-order valence-electron chi connectivity index (χ1n) is 7.71. The van der Waals surface area contributed by atoms with Crippen LogP contribution in [0.3, 0.4) is 0 Å². The van der Waals surface area contributed by atoms with Crippen molar-refractivity contribution >= 4 is 5.82 Å². The van der Waals surface area contributed by atoms with E-state index >= 15 is 0 Å². The number of nitrogen functional groups attached to an aromatic ring is 1. The lowest BCUT2D eigenvalue weighted by Crippen LogP contribution is -2.38. The average Bonchev–Trinajstić information content (AvgIpc) is 2.96. The summed E-state index contributed by atoms with van der Waals surface area (Å²) in [7, 11) is 0. The highest BCUT2D eigenvalue weighted by Crippen LogP contribution is 2.22. The SMILES string of the molecule is CC(C)n1ccnc1CN1CCO[C@H](c2cccc(N)n2)C1. The molecule has 0 unspecified atom stereocenters. The highest BCUT2D eigenvalue weighted by molar-refractivity contribution is 5.29. The Hall–Kier alpha value is -1.92. The molecular formula is C16H23N5O. The van der Waals surface area contributed by atoms with E-state index in [1.807, 2.05) is 24.5 Å². The minimum atomic E-state index is -0.0280. The first kappa shape index (κ1) is 15.0. The molecule has 1 aliphatic rings. The summed E-state index contributed by atoms with van der Waals surface area (Å²) in [5.41, 5.74) is 6.67. The van der Waals surface area contributed by atoms with Crippen LogP contribution in [0.25, 0.3) is 0 Å². The molecule has 2 N–H and O–H groups in total. The van der Waals surface area contributed by atoms with Crippen LogP contribution < -0.4 is 5.73 Å². The molecule has 0 radical (unpaired) electrons. The second-order valence-corrected chi connectivity index (χ2v) is 5.93. The number of morpholine rings is 1. The molecule has 0 amide bonds. The number of hydrogen-bond donors (Lipinski definition) is 1. The Morgan fingerprint density at radius 1 is 1.41 bits per heavy atom. The van der Waals surface area contributed by atoms with Crippen molar-refractivity contribution < 1.29 is 4.74 Å². The maximum absolute atomic E-state index is 5.86. The monoisotopic (exact) mass is 301 g/mol. The summed E-state index contributed by atoms with van der Waals surface area (Å²) >= 11 is 0. The zero-order valence-corrected chi connectivity index (χ0v) is 13.1. The van der Waals surface area contributed by atoms with Crippen molar-refractivity contribution in [2.45, 2.75) is 32.5 Å². The molecule has 2 aromatic rings. The van der Waals surface area contributed by atoms with Gasteiger partial charge in [-0.1, -0.05) is 6.07 Å². The summed E-state index contributed by atoms with van der Waals surface area (Å²) in [5, 5.41) is 0. The van der Waals surface area contributed by atoms with E-state index in [1.165, 1.54) is 0 Å². The fourth-order valence-corrected chi connectivity index (χ4v) is 2.81. The Morgan fingerprint density at radius 2 is 2.27 bits per heavy atom. The summed E-state index contributed by atoms with van der Waals surface area (Å²) in [4.78, 5) is 11.2. The van der Waals surface area contributed by atoms with Crippen molar-refractivity contribution in [1.29, 1.82) is 0 Å². The first-order chi connectivity index (χ1) is 10.6. The Morgan fingerprint density at radius 3 is 3.05 bits per heavy atom. The van der Waals surface area contributed by atoms with Crippen LogP contribution in [0.4, 0.5) is 5.82 Å². The van der Waals surface area contributed by atoms with E-state index in [1.54, 1.807) is 6.07 Å². The van der Waals surface area contributed by atoms with Gasteiger partial charge < -0.3 is 15.0 Å². The van der Waals surface area contributed by atoms with Gasteiger partial charge in [0, 0.05) is 31.5 Å². The molecule has 6 nitrogen and oxygen atoms in total. The smallest absolute Gasteiger partial charge is 0.123 e. The number of rotatable bonds is 4. The van der Waals surface area contributed by atoms with Crippen LogP contribution in [0.15, 0.2) is 30.6 Å². The van der Waals surface area contributed by atoms with Crippen LogP contribution in [0.1, 0.15) is 37.5 Å². The van der Waals surface area contributed by atoms with Gasteiger partial charge in [-0.15, -0.1) is 0 Å². The molecule has 0 spiro atoms. The molecule has 2 aromatic heterocycles. The molecule has 22 heavy (non-hydrogen) atoms. The molecule has 0 saturated carbocycles. The first-order valence-corrected chi connectivity index (χ1v) is 7.71. The molecule has 0 aromatic carbocycles. The fraction of sp³-hybridized carbons (Fsp3) is 0.500. The second-order valence-electron chi connectivity index (χ2n) is 5.93. The predicted octanol–water partition coefficient (Wildman–Crippen LogP) is 2.01. The van der Waals surface area contributed by atoms with Crippen molar-refractivity contribution in [3.8, 4) is 0 Å². The Balaban J connectivity index is 1.69. The molecule has 1 atom stereocenters. The van der Waals surface area contributed by atoms with Crippen molar-refractivity contribution in [2.24, 2.45) is 0 Å². The molecule has 3 rings (SSSR count). The largest absolute Gasteiger partial charge is 0.384 e. The van der Waals surface area contributed by atoms with E-state index in [4.69, 9.17) is 10.5 Å². The van der Waals surface area contributed by atoms with Crippen LogP contribution in [-0.2, 0) is 11.3 Å². The number of nitrogens with two attached hydrogens (primary N) is 1. The molecule has 3 heterocycles. The van der Waals surface area contributed by atoms with Crippen molar-refractivity contribution in [1.82, 2.24) is 19.4 Å². The molecule has 1 aliphatic heterocycles. The fourth-order valence-electron chi connectivity index (χ4n) is 2.81. The van der Waals surface area contributed by atoms with Crippen molar-refractivity contribution in [3.05, 3.63) is 42.1 Å². The molecule has 1 saturated heterocycles. The Labute approximate surface area is 130 Å². The van der Waals surface area contributed by atoms with E-state index in [0.717, 1.165) is 31.2 Å². The lowest BCUT2D eigenvalue weighted by molar-refractivity contribution is -0.0360. The lowest BCUT2D eigenvalue weighted by Gasteiger charge is -2.32. The van der Waals surface area contributed by atoms with E-state index < -0.39 is 0 Å². The summed E-state index contributed by atoms with van der Waals surface area (Å²) in [6, 6.07) is 6.11. The quantitative estimate of drug-likeness (QED) is 0.935. The number of imidazole rings is 1. The summed E-state index contributed by atoms with van der Waals surface area (Å²) < 4.78 is 8.07. The van der Waals surface area contributed by atoms with E-state index in [9.17, 15) is 0 Å². The summed E-state index contributed by atoms with van der Waals surface area (Å²) in [6.07, 6.45) is 3.88. The van der Waals surface area contributed by atoms with Gasteiger partial charge in [0.2, 0.25) is 0 Å². The van der Waals surface area contributed by atoms with Gasteiger partial charge in [0.1, 0.15) is 17.7 Å². The number of anilines is 1. The summed E-state index contributed by atoms with van der Waals surface area (Å²) in [5.74, 6) is 1.63. The van der Waals surface area contributed by atoms with E-state index in [2.05, 4.69) is 33.3 Å². The molecule has 0 bridgehead atoms. The number of pyridine rings is 1. The van der Waals surface area contributed by atoms with Gasteiger partial charge in [0.05, 0.1) is 18.8 Å². The second kappa shape index (κ2) is 6.46. The van der Waals surface area contributed by atoms with E-state index in [-0.39, 0.29) is 6.10 Å². The topological polar surface area (TPSA) is 69.2 Å². The number of aromatic nitrogens is 3. The molecule has 0 aliphatic carbocycles. The third-order valence-electron chi connectivity index (χ3n) is 3.94. The number of nitrogens with zero attached hydrogens (tertiary/aromatic N) is 4. The lowest BCUT2D eigenvalue weighted by atomic mass is 10.2. The predicted molar refractivity (Wildman–Crippen MR) is 85.2 cm³/mol.